The van der Waals surface area contributed by atoms with E-state index >= 15 is 0 Å². The number of sulfone groups is 1. The number of rotatable bonds is 4. The van der Waals surface area contributed by atoms with Gasteiger partial charge in [0.2, 0.25) is 0 Å². The summed E-state index contributed by atoms with van der Waals surface area (Å²) in [7, 11) is -2.95. The molecule has 0 radical (unpaired) electrons. The van der Waals surface area contributed by atoms with Crippen LogP contribution >= 0.6 is 24.0 Å². The van der Waals surface area contributed by atoms with Gasteiger partial charge in [0.1, 0.15) is 0 Å². The maximum absolute atomic E-state index is 11.4. The Labute approximate surface area is 126 Å². The SMILES string of the molecule is CC(C)CN=C(N)NCC1CS(=O)(=O)CCO1.I. The summed E-state index contributed by atoms with van der Waals surface area (Å²) >= 11 is 0. The number of hydrogen-bond acceptors (Lipinski definition) is 4. The Morgan fingerprint density at radius 1 is 1.56 bits per heavy atom. The van der Waals surface area contributed by atoms with Crippen molar-refractivity contribution in [2.75, 3.05) is 31.2 Å². The monoisotopic (exact) mass is 391 g/mol. The molecule has 3 N–H and O–H groups in total. The quantitative estimate of drug-likeness (QED) is 0.399. The van der Waals surface area contributed by atoms with E-state index in [1.165, 1.54) is 0 Å². The lowest BCUT2D eigenvalue weighted by Crippen LogP contribution is -2.44. The molecule has 0 aromatic rings. The van der Waals surface area contributed by atoms with Crippen LogP contribution in [0.25, 0.3) is 0 Å². The molecule has 6 nitrogen and oxygen atoms in total. The third-order valence-corrected chi connectivity index (χ3v) is 3.99. The Morgan fingerprint density at radius 2 is 2.22 bits per heavy atom. The second-order valence-corrected chi connectivity index (χ2v) is 6.84. The fourth-order valence-electron chi connectivity index (χ4n) is 1.43. The van der Waals surface area contributed by atoms with Crippen LogP contribution in [0.1, 0.15) is 13.8 Å². The molecule has 1 aliphatic rings. The van der Waals surface area contributed by atoms with Crippen LogP contribution in [0.4, 0.5) is 0 Å². The molecule has 0 spiro atoms. The Morgan fingerprint density at radius 3 is 2.78 bits per heavy atom. The summed E-state index contributed by atoms with van der Waals surface area (Å²) < 4.78 is 28.0. The lowest BCUT2D eigenvalue weighted by atomic mass is 10.2. The summed E-state index contributed by atoms with van der Waals surface area (Å²) in [6.07, 6.45) is -0.332. The fourth-order valence-corrected chi connectivity index (χ4v) is 2.73. The normalized spacial score (nSPS) is 23.5. The van der Waals surface area contributed by atoms with E-state index in [2.05, 4.69) is 10.3 Å². The van der Waals surface area contributed by atoms with E-state index in [-0.39, 0.29) is 48.2 Å². The van der Waals surface area contributed by atoms with Gasteiger partial charge in [0, 0.05) is 13.1 Å². The minimum absolute atomic E-state index is 0. The molecule has 1 saturated heterocycles. The van der Waals surface area contributed by atoms with E-state index in [9.17, 15) is 8.42 Å². The lowest BCUT2D eigenvalue weighted by molar-refractivity contribution is 0.0748. The molecule has 1 atom stereocenters. The molecule has 8 heteroatoms. The zero-order valence-corrected chi connectivity index (χ0v) is 13.9. The summed E-state index contributed by atoms with van der Waals surface area (Å²) in [4.78, 5) is 4.12. The van der Waals surface area contributed by atoms with Gasteiger partial charge in [-0.3, -0.25) is 4.99 Å². The average molecular weight is 391 g/mol. The van der Waals surface area contributed by atoms with Crippen molar-refractivity contribution in [3.05, 3.63) is 0 Å². The van der Waals surface area contributed by atoms with Crippen molar-refractivity contribution >= 4 is 39.8 Å². The van der Waals surface area contributed by atoms with E-state index in [4.69, 9.17) is 10.5 Å². The first-order valence-corrected chi connectivity index (χ1v) is 7.57. The van der Waals surface area contributed by atoms with Gasteiger partial charge in [-0.1, -0.05) is 13.8 Å². The zero-order valence-electron chi connectivity index (χ0n) is 10.8. The molecule has 0 bridgehead atoms. The second-order valence-electron chi connectivity index (χ2n) is 4.61. The summed E-state index contributed by atoms with van der Waals surface area (Å²) in [6, 6.07) is 0. The highest BCUT2D eigenvalue weighted by atomic mass is 127. The van der Waals surface area contributed by atoms with Crippen molar-refractivity contribution in [2.45, 2.75) is 20.0 Å². The molecule has 108 valence electrons. The van der Waals surface area contributed by atoms with Crippen LogP contribution in [0.2, 0.25) is 0 Å². The van der Waals surface area contributed by atoms with Gasteiger partial charge in [0.05, 0.1) is 24.2 Å². The third kappa shape index (κ3) is 7.37. The molecule has 0 aromatic carbocycles. The molecule has 1 unspecified atom stereocenters. The van der Waals surface area contributed by atoms with Gasteiger partial charge >= 0.3 is 0 Å². The highest BCUT2D eigenvalue weighted by molar-refractivity contribution is 14.0. The van der Waals surface area contributed by atoms with Crippen LogP contribution in [-0.4, -0.2) is 51.7 Å². The van der Waals surface area contributed by atoms with Gasteiger partial charge in [-0.05, 0) is 5.92 Å². The average Bonchev–Trinajstić information content (AvgIpc) is 2.22. The fraction of sp³-hybridized carbons (Fsp3) is 0.900. The molecule has 1 heterocycles. The van der Waals surface area contributed by atoms with Gasteiger partial charge < -0.3 is 15.8 Å². The van der Waals surface area contributed by atoms with Crippen LogP contribution in [0.5, 0.6) is 0 Å². The first kappa shape index (κ1) is 17.9. The minimum Gasteiger partial charge on any atom is -0.374 e. The molecule has 1 fully saturated rings. The second kappa shape index (κ2) is 8.16. The van der Waals surface area contributed by atoms with Gasteiger partial charge in [-0.2, -0.15) is 0 Å². The molecule has 18 heavy (non-hydrogen) atoms. The smallest absolute Gasteiger partial charge is 0.188 e. The van der Waals surface area contributed by atoms with Gasteiger partial charge in [-0.25, -0.2) is 8.42 Å². The Kier molecular flexibility index (Phi) is 8.11. The Hall–Kier alpha value is -0.0900. The topological polar surface area (TPSA) is 93.8 Å². The van der Waals surface area contributed by atoms with E-state index in [1.807, 2.05) is 13.8 Å². The summed E-state index contributed by atoms with van der Waals surface area (Å²) in [5.41, 5.74) is 5.64. The van der Waals surface area contributed by atoms with Crippen LogP contribution in [0.3, 0.4) is 0 Å². The molecular formula is C10H22IN3O3S. The van der Waals surface area contributed by atoms with Crippen molar-refractivity contribution in [3.8, 4) is 0 Å². The summed E-state index contributed by atoms with van der Waals surface area (Å²) in [6.45, 7) is 5.40. The largest absolute Gasteiger partial charge is 0.374 e. The number of ether oxygens (including phenoxy) is 1. The van der Waals surface area contributed by atoms with E-state index in [1.54, 1.807) is 0 Å². The molecule has 0 aliphatic carbocycles. The predicted molar refractivity (Wildman–Crippen MR) is 83.1 cm³/mol. The van der Waals surface area contributed by atoms with Crippen molar-refractivity contribution in [3.63, 3.8) is 0 Å². The third-order valence-electron chi connectivity index (χ3n) is 2.33. The molecule has 0 aromatic heterocycles. The highest BCUT2D eigenvalue weighted by Crippen LogP contribution is 2.06. The Bertz CT molecular complexity index is 371. The number of guanidine groups is 1. The predicted octanol–water partition coefficient (Wildman–Crippen LogP) is -0.0217. The molecule has 0 amide bonds. The van der Waals surface area contributed by atoms with Crippen molar-refractivity contribution in [1.82, 2.24) is 5.32 Å². The highest BCUT2D eigenvalue weighted by Gasteiger charge is 2.25. The minimum atomic E-state index is -2.95. The van der Waals surface area contributed by atoms with E-state index in [0.717, 1.165) is 0 Å². The number of halogens is 1. The molecule has 1 rings (SSSR count). The van der Waals surface area contributed by atoms with E-state index in [0.29, 0.717) is 25.0 Å². The first-order chi connectivity index (χ1) is 7.89. The molecule has 1 aliphatic heterocycles. The van der Waals surface area contributed by atoms with E-state index < -0.39 is 9.84 Å². The number of nitrogens with zero attached hydrogens (tertiary/aromatic N) is 1. The first-order valence-electron chi connectivity index (χ1n) is 5.75. The van der Waals surface area contributed by atoms with Crippen LogP contribution in [-0.2, 0) is 14.6 Å². The van der Waals surface area contributed by atoms with Crippen molar-refractivity contribution in [2.24, 2.45) is 16.6 Å². The Balaban J connectivity index is 0.00000289. The van der Waals surface area contributed by atoms with Crippen LogP contribution in [0, 0.1) is 5.92 Å². The van der Waals surface area contributed by atoms with Crippen LogP contribution in [0.15, 0.2) is 4.99 Å². The number of aliphatic imine (C=N–C) groups is 1. The number of hydrogen-bond donors (Lipinski definition) is 2. The van der Waals surface area contributed by atoms with Gasteiger partial charge in [-0.15, -0.1) is 24.0 Å². The molecule has 0 saturated carbocycles. The number of nitrogens with one attached hydrogen (secondary N) is 1. The standard InChI is InChI=1S/C10H21N3O3S.HI/c1-8(2)5-12-10(11)13-6-9-7-17(14,15)4-3-16-9;/h8-9H,3-7H2,1-2H3,(H3,11,12,13);1H. The van der Waals surface area contributed by atoms with Crippen LogP contribution < -0.4 is 11.1 Å². The lowest BCUT2D eigenvalue weighted by Gasteiger charge is -2.23. The number of nitrogens with two attached hydrogens (primary N) is 1. The van der Waals surface area contributed by atoms with Gasteiger partial charge in [0.25, 0.3) is 0 Å². The summed E-state index contributed by atoms with van der Waals surface area (Å²) in [5.74, 6) is 0.949. The zero-order chi connectivity index (χ0) is 12.9. The summed E-state index contributed by atoms with van der Waals surface area (Å²) in [5, 5.41) is 2.88. The maximum Gasteiger partial charge on any atom is 0.188 e. The van der Waals surface area contributed by atoms with Crippen molar-refractivity contribution in [1.29, 1.82) is 0 Å². The maximum atomic E-state index is 11.4. The molecular weight excluding hydrogens is 369 g/mol. The van der Waals surface area contributed by atoms with Gasteiger partial charge in [0.15, 0.2) is 15.8 Å². The van der Waals surface area contributed by atoms with Crippen molar-refractivity contribution < 1.29 is 13.2 Å².